The number of nitrogens with zero attached hydrogens (tertiary/aromatic N) is 1. The Morgan fingerprint density at radius 1 is 1.50 bits per heavy atom. The predicted molar refractivity (Wildman–Crippen MR) is 71.4 cm³/mol. The van der Waals surface area contributed by atoms with E-state index < -0.39 is 0 Å². The van der Waals surface area contributed by atoms with Crippen molar-refractivity contribution in [2.24, 2.45) is 5.92 Å². The Balaban J connectivity index is 1.74. The minimum absolute atomic E-state index is 0.0903. The first-order valence-corrected chi connectivity index (χ1v) is 6.82. The number of carbonyl (C=O) groups is 1. The van der Waals surface area contributed by atoms with Crippen LogP contribution >= 0.6 is 0 Å². The molecule has 0 atom stereocenters. The molecule has 5 nitrogen and oxygen atoms in total. The number of aromatic nitrogens is 2. The van der Waals surface area contributed by atoms with E-state index in [0.717, 1.165) is 37.3 Å². The SMILES string of the molecule is CCc1cn[nH]c1NC(=O)CCC1CCNCC1. The molecular weight excluding hydrogens is 228 g/mol. The zero-order valence-corrected chi connectivity index (χ0v) is 11.0. The van der Waals surface area contributed by atoms with Crippen LogP contribution in [0, 0.1) is 5.92 Å². The molecule has 0 bridgehead atoms. The number of hydrogen-bond donors (Lipinski definition) is 3. The molecule has 2 rings (SSSR count). The molecule has 0 spiro atoms. The monoisotopic (exact) mass is 250 g/mol. The number of carbonyl (C=O) groups excluding carboxylic acids is 1. The third kappa shape index (κ3) is 3.57. The number of amides is 1. The zero-order chi connectivity index (χ0) is 12.8. The van der Waals surface area contributed by atoms with Gasteiger partial charge in [0.2, 0.25) is 5.91 Å². The van der Waals surface area contributed by atoms with Gasteiger partial charge in [0.15, 0.2) is 0 Å². The first-order chi connectivity index (χ1) is 8.79. The lowest BCUT2D eigenvalue weighted by Gasteiger charge is -2.22. The number of rotatable bonds is 5. The maximum absolute atomic E-state index is 11.8. The molecule has 1 saturated heterocycles. The Morgan fingerprint density at radius 2 is 2.28 bits per heavy atom. The third-order valence-electron chi connectivity index (χ3n) is 3.60. The van der Waals surface area contributed by atoms with Gasteiger partial charge in [-0.2, -0.15) is 5.10 Å². The van der Waals surface area contributed by atoms with E-state index >= 15 is 0 Å². The van der Waals surface area contributed by atoms with Crippen LogP contribution in [0.25, 0.3) is 0 Å². The Labute approximate surface area is 108 Å². The molecule has 2 heterocycles. The van der Waals surface area contributed by atoms with Crippen LogP contribution in [0.1, 0.15) is 38.2 Å². The van der Waals surface area contributed by atoms with Crippen LogP contribution in [0.4, 0.5) is 5.82 Å². The van der Waals surface area contributed by atoms with Crippen LogP contribution in [0.2, 0.25) is 0 Å². The van der Waals surface area contributed by atoms with E-state index in [1.807, 2.05) is 0 Å². The van der Waals surface area contributed by atoms with Gasteiger partial charge in [0.05, 0.1) is 6.20 Å². The quantitative estimate of drug-likeness (QED) is 0.745. The molecule has 100 valence electrons. The Bertz CT molecular complexity index is 382. The largest absolute Gasteiger partial charge is 0.317 e. The maximum atomic E-state index is 11.8. The van der Waals surface area contributed by atoms with Crippen LogP contribution in [0.5, 0.6) is 0 Å². The molecule has 3 N–H and O–H groups in total. The molecule has 1 aromatic rings. The van der Waals surface area contributed by atoms with Gasteiger partial charge in [0.1, 0.15) is 5.82 Å². The van der Waals surface area contributed by atoms with Gasteiger partial charge >= 0.3 is 0 Å². The standard InChI is InChI=1S/C13H22N4O/c1-2-11-9-15-17-13(11)16-12(18)4-3-10-5-7-14-8-6-10/h9-10,14H,2-8H2,1H3,(H2,15,16,17,18). The molecule has 0 aromatic carbocycles. The number of aromatic amines is 1. The van der Waals surface area contributed by atoms with Crippen molar-refractivity contribution in [2.45, 2.75) is 39.0 Å². The molecule has 0 aliphatic carbocycles. The van der Waals surface area contributed by atoms with E-state index in [-0.39, 0.29) is 5.91 Å². The Morgan fingerprint density at radius 3 is 3.00 bits per heavy atom. The predicted octanol–water partition coefficient (Wildman–Crippen LogP) is 1.69. The first kappa shape index (κ1) is 13.1. The van der Waals surface area contributed by atoms with Gasteiger partial charge in [-0.1, -0.05) is 6.92 Å². The highest BCUT2D eigenvalue weighted by Crippen LogP contribution is 2.18. The summed E-state index contributed by atoms with van der Waals surface area (Å²) < 4.78 is 0. The number of piperidine rings is 1. The molecule has 1 aromatic heterocycles. The number of aryl methyl sites for hydroxylation is 1. The normalized spacial score (nSPS) is 16.7. The van der Waals surface area contributed by atoms with Crippen molar-refractivity contribution in [2.75, 3.05) is 18.4 Å². The van der Waals surface area contributed by atoms with E-state index in [0.29, 0.717) is 12.3 Å². The summed E-state index contributed by atoms with van der Waals surface area (Å²) in [5.74, 6) is 1.55. The van der Waals surface area contributed by atoms with Crippen LogP contribution < -0.4 is 10.6 Å². The second-order valence-electron chi connectivity index (χ2n) is 4.90. The summed E-state index contributed by atoms with van der Waals surface area (Å²) in [7, 11) is 0. The van der Waals surface area contributed by atoms with Crippen LogP contribution in [0.3, 0.4) is 0 Å². The maximum Gasteiger partial charge on any atom is 0.225 e. The second kappa shape index (κ2) is 6.54. The van der Waals surface area contributed by atoms with E-state index in [4.69, 9.17) is 0 Å². The van der Waals surface area contributed by atoms with Crippen molar-refractivity contribution in [1.82, 2.24) is 15.5 Å². The van der Waals surface area contributed by atoms with Crippen molar-refractivity contribution in [3.63, 3.8) is 0 Å². The van der Waals surface area contributed by atoms with Crippen molar-refractivity contribution in [1.29, 1.82) is 0 Å². The van der Waals surface area contributed by atoms with E-state index in [1.165, 1.54) is 12.8 Å². The molecule has 1 fully saturated rings. The summed E-state index contributed by atoms with van der Waals surface area (Å²) in [6.45, 7) is 4.23. The summed E-state index contributed by atoms with van der Waals surface area (Å²) in [6, 6.07) is 0. The summed E-state index contributed by atoms with van der Waals surface area (Å²) in [4.78, 5) is 11.8. The molecule has 5 heteroatoms. The highest BCUT2D eigenvalue weighted by Gasteiger charge is 2.15. The lowest BCUT2D eigenvalue weighted by molar-refractivity contribution is -0.116. The topological polar surface area (TPSA) is 69.8 Å². The van der Waals surface area contributed by atoms with Crippen LogP contribution in [0.15, 0.2) is 6.20 Å². The molecule has 18 heavy (non-hydrogen) atoms. The van der Waals surface area contributed by atoms with Gasteiger partial charge in [-0.3, -0.25) is 9.89 Å². The van der Waals surface area contributed by atoms with Gasteiger partial charge in [0.25, 0.3) is 0 Å². The van der Waals surface area contributed by atoms with Crippen molar-refractivity contribution in [3.05, 3.63) is 11.8 Å². The van der Waals surface area contributed by atoms with Crippen molar-refractivity contribution in [3.8, 4) is 0 Å². The lowest BCUT2D eigenvalue weighted by Crippen LogP contribution is -2.28. The molecular formula is C13H22N4O. The Kier molecular flexibility index (Phi) is 4.75. The highest BCUT2D eigenvalue weighted by atomic mass is 16.1. The minimum Gasteiger partial charge on any atom is -0.317 e. The summed E-state index contributed by atoms with van der Waals surface area (Å²) in [6.07, 6.45) is 6.62. The molecule has 1 amide bonds. The van der Waals surface area contributed by atoms with Gasteiger partial charge in [-0.05, 0) is 44.7 Å². The van der Waals surface area contributed by atoms with E-state index in [1.54, 1.807) is 6.20 Å². The van der Waals surface area contributed by atoms with Crippen LogP contribution in [-0.2, 0) is 11.2 Å². The Hall–Kier alpha value is -1.36. The average Bonchev–Trinajstić information content (AvgIpc) is 2.85. The van der Waals surface area contributed by atoms with Crippen molar-refractivity contribution >= 4 is 11.7 Å². The second-order valence-corrected chi connectivity index (χ2v) is 4.90. The molecule has 1 aliphatic rings. The van der Waals surface area contributed by atoms with Gasteiger partial charge < -0.3 is 10.6 Å². The van der Waals surface area contributed by atoms with Crippen molar-refractivity contribution < 1.29 is 4.79 Å². The summed E-state index contributed by atoms with van der Waals surface area (Å²) in [5, 5.41) is 13.0. The van der Waals surface area contributed by atoms with E-state index in [2.05, 4.69) is 27.8 Å². The fourth-order valence-electron chi connectivity index (χ4n) is 2.39. The third-order valence-corrected chi connectivity index (χ3v) is 3.60. The van der Waals surface area contributed by atoms with Gasteiger partial charge in [-0.25, -0.2) is 0 Å². The first-order valence-electron chi connectivity index (χ1n) is 6.82. The number of hydrogen-bond acceptors (Lipinski definition) is 3. The molecule has 0 unspecified atom stereocenters. The fourth-order valence-corrected chi connectivity index (χ4v) is 2.39. The van der Waals surface area contributed by atoms with Crippen LogP contribution in [-0.4, -0.2) is 29.2 Å². The average molecular weight is 250 g/mol. The summed E-state index contributed by atoms with van der Waals surface area (Å²) >= 11 is 0. The number of anilines is 1. The smallest absolute Gasteiger partial charge is 0.225 e. The molecule has 0 saturated carbocycles. The summed E-state index contributed by atoms with van der Waals surface area (Å²) in [5.41, 5.74) is 1.06. The number of nitrogens with one attached hydrogen (secondary N) is 3. The fraction of sp³-hybridized carbons (Fsp3) is 0.692. The highest BCUT2D eigenvalue weighted by molar-refractivity contribution is 5.90. The minimum atomic E-state index is 0.0903. The zero-order valence-electron chi connectivity index (χ0n) is 11.0. The van der Waals surface area contributed by atoms with E-state index in [9.17, 15) is 4.79 Å². The van der Waals surface area contributed by atoms with Gasteiger partial charge in [0, 0.05) is 12.0 Å². The van der Waals surface area contributed by atoms with Gasteiger partial charge in [-0.15, -0.1) is 0 Å². The molecule has 0 radical (unpaired) electrons. The lowest BCUT2D eigenvalue weighted by atomic mass is 9.93. The molecule has 1 aliphatic heterocycles. The number of H-pyrrole nitrogens is 1.